The van der Waals surface area contributed by atoms with Crippen LogP contribution in [0.2, 0.25) is 0 Å². The Morgan fingerprint density at radius 2 is 1.86 bits per heavy atom. The molecule has 0 amide bonds. The second-order valence-corrected chi connectivity index (χ2v) is 4.58. The predicted octanol–water partition coefficient (Wildman–Crippen LogP) is 2.93. The number of carbonyl (C=O) groups is 1. The van der Waals surface area contributed by atoms with Gasteiger partial charge in [0.25, 0.3) is 0 Å². The molecule has 0 unspecified atom stereocenters. The molecular weight excluding hydrogens is 176 g/mol. The maximum absolute atomic E-state index is 11.9. The Hall–Kier alpha value is -1.31. The van der Waals surface area contributed by atoms with Crippen LogP contribution in [0, 0.1) is 12.3 Å². The molecule has 0 fully saturated rings. The van der Waals surface area contributed by atoms with Crippen molar-refractivity contribution in [2.24, 2.45) is 5.41 Å². The first-order valence-corrected chi connectivity index (χ1v) is 4.67. The monoisotopic (exact) mass is 192 g/mol. The van der Waals surface area contributed by atoms with Gasteiger partial charge in [0.1, 0.15) is 5.75 Å². The fourth-order valence-corrected chi connectivity index (χ4v) is 1.26. The molecule has 76 valence electrons. The molecular formula is C12H16O2. The van der Waals surface area contributed by atoms with Crippen LogP contribution in [0.5, 0.6) is 5.75 Å². The van der Waals surface area contributed by atoms with E-state index in [1.807, 2.05) is 27.7 Å². The van der Waals surface area contributed by atoms with Crippen molar-refractivity contribution in [1.82, 2.24) is 0 Å². The molecule has 0 atom stereocenters. The van der Waals surface area contributed by atoms with Gasteiger partial charge in [0.15, 0.2) is 5.78 Å². The Balaban J connectivity index is 3.19. The van der Waals surface area contributed by atoms with Crippen molar-refractivity contribution in [1.29, 1.82) is 0 Å². The van der Waals surface area contributed by atoms with E-state index in [0.717, 1.165) is 5.56 Å². The highest BCUT2D eigenvalue weighted by Gasteiger charge is 2.24. The highest BCUT2D eigenvalue weighted by Crippen LogP contribution is 2.25. The van der Waals surface area contributed by atoms with Crippen molar-refractivity contribution in [3.8, 4) is 5.75 Å². The molecule has 1 rings (SSSR count). The minimum Gasteiger partial charge on any atom is -0.508 e. The second-order valence-electron chi connectivity index (χ2n) is 4.58. The fraction of sp³-hybridized carbons (Fsp3) is 0.417. The van der Waals surface area contributed by atoms with Gasteiger partial charge in [0.05, 0.1) is 0 Å². The molecule has 0 aliphatic rings. The molecule has 0 aliphatic heterocycles. The standard InChI is InChI=1S/C12H16O2/c1-8-5-6-9(13)7-10(8)11(14)12(2,3)4/h5-7,13H,1-4H3. The average molecular weight is 192 g/mol. The zero-order valence-electron chi connectivity index (χ0n) is 9.09. The van der Waals surface area contributed by atoms with Crippen molar-refractivity contribution in [3.05, 3.63) is 29.3 Å². The molecule has 0 saturated carbocycles. The summed E-state index contributed by atoms with van der Waals surface area (Å²) in [6.07, 6.45) is 0. The third-order valence-electron chi connectivity index (χ3n) is 2.15. The van der Waals surface area contributed by atoms with Crippen molar-refractivity contribution in [3.63, 3.8) is 0 Å². The number of hydrogen-bond acceptors (Lipinski definition) is 2. The fourth-order valence-electron chi connectivity index (χ4n) is 1.26. The molecule has 2 nitrogen and oxygen atoms in total. The summed E-state index contributed by atoms with van der Waals surface area (Å²) >= 11 is 0. The molecule has 0 radical (unpaired) electrons. The number of phenolic OH excluding ortho intramolecular Hbond substituents is 1. The van der Waals surface area contributed by atoms with Crippen molar-refractivity contribution < 1.29 is 9.90 Å². The average Bonchev–Trinajstić information content (AvgIpc) is 2.06. The second kappa shape index (κ2) is 3.45. The normalized spacial score (nSPS) is 11.4. The SMILES string of the molecule is Cc1ccc(O)cc1C(=O)C(C)(C)C. The number of ketones is 1. The zero-order chi connectivity index (χ0) is 10.9. The summed E-state index contributed by atoms with van der Waals surface area (Å²) in [6.45, 7) is 7.49. The van der Waals surface area contributed by atoms with Gasteiger partial charge >= 0.3 is 0 Å². The lowest BCUT2D eigenvalue weighted by Crippen LogP contribution is -2.20. The number of Topliss-reactive ketones (excluding diaryl/α,β-unsaturated/α-hetero) is 1. The number of rotatable bonds is 1. The minimum atomic E-state index is -0.404. The molecule has 0 spiro atoms. The highest BCUT2D eigenvalue weighted by molar-refractivity contribution is 6.01. The van der Waals surface area contributed by atoms with Crippen LogP contribution in [0.1, 0.15) is 36.7 Å². The largest absolute Gasteiger partial charge is 0.508 e. The van der Waals surface area contributed by atoms with Gasteiger partial charge < -0.3 is 5.11 Å². The van der Waals surface area contributed by atoms with Gasteiger partial charge in [0.2, 0.25) is 0 Å². The third-order valence-corrected chi connectivity index (χ3v) is 2.15. The van der Waals surface area contributed by atoms with E-state index < -0.39 is 5.41 Å². The number of aromatic hydroxyl groups is 1. The summed E-state index contributed by atoms with van der Waals surface area (Å²) in [7, 11) is 0. The van der Waals surface area contributed by atoms with Crippen LogP contribution in [0.3, 0.4) is 0 Å². The summed E-state index contributed by atoms with van der Waals surface area (Å²) in [4.78, 5) is 11.9. The van der Waals surface area contributed by atoms with E-state index in [1.165, 1.54) is 6.07 Å². The first-order chi connectivity index (χ1) is 6.32. The van der Waals surface area contributed by atoms with Gasteiger partial charge in [-0.1, -0.05) is 26.8 Å². The van der Waals surface area contributed by atoms with Gasteiger partial charge in [-0.25, -0.2) is 0 Å². The van der Waals surface area contributed by atoms with Crippen molar-refractivity contribution >= 4 is 5.78 Å². The smallest absolute Gasteiger partial charge is 0.168 e. The molecule has 1 aromatic rings. The molecule has 14 heavy (non-hydrogen) atoms. The molecule has 2 heteroatoms. The van der Waals surface area contributed by atoms with Crippen LogP contribution in [0.15, 0.2) is 18.2 Å². The maximum atomic E-state index is 11.9. The minimum absolute atomic E-state index is 0.0610. The van der Waals surface area contributed by atoms with Gasteiger partial charge in [-0.2, -0.15) is 0 Å². The predicted molar refractivity (Wildman–Crippen MR) is 56.6 cm³/mol. The topological polar surface area (TPSA) is 37.3 Å². The number of carbonyl (C=O) groups excluding carboxylic acids is 1. The van der Waals surface area contributed by atoms with Crippen LogP contribution in [-0.2, 0) is 0 Å². The molecule has 0 bridgehead atoms. The number of phenols is 1. The zero-order valence-corrected chi connectivity index (χ0v) is 9.09. The van der Waals surface area contributed by atoms with Crippen LogP contribution < -0.4 is 0 Å². The number of benzene rings is 1. The van der Waals surface area contributed by atoms with E-state index in [1.54, 1.807) is 12.1 Å². The summed E-state index contributed by atoms with van der Waals surface area (Å²) in [5.41, 5.74) is 1.11. The summed E-state index contributed by atoms with van der Waals surface area (Å²) in [5, 5.41) is 9.30. The first kappa shape index (κ1) is 10.8. The summed E-state index contributed by atoms with van der Waals surface area (Å²) in [5.74, 6) is 0.203. The summed E-state index contributed by atoms with van der Waals surface area (Å²) in [6, 6.07) is 4.88. The van der Waals surface area contributed by atoms with E-state index in [-0.39, 0.29) is 11.5 Å². The van der Waals surface area contributed by atoms with Crippen LogP contribution in [0.4, 0.5) is 0 Å². The van der Waals surface area contributed by atoms with E-state index in [2.05, 4.69) is 0 Å². The summed E-state index contributed by atoms with van der Waals surface area (Å²) < 4.78 is 0. The lowest BCUT2D eigenvalue weighted by Gasteiger charge is -2.18. The Bertz CT molecular complexity index is 359. The molecule has 0 aromatic heterocycles. The lowest BCUT2D eigenvalue weighted by atomic mass is 9.85. The number of hydrogen-bond donors (Lipinski definition) is 1. The van der Waals surface area contributed by atoms with Crippen LogP contribution >= 0.6 is 0 Å². The highest BCUT2D eigenvalue weighted by atomic mass is 16.3. The van der Waals surface area contributed by atoms with Gasteiger partial charge in [-0.15, -0.1) is 0 Å². The van der Waals surface area contributed by atoms with E-state index in [4.69, 9.17) is 0 Å². The van der Waals surface area contributed by atoms with Crippen LogP contribution in [0.25, 0.3) is 0 Å². The Kier molecular flexibility index (Phi) is 2.65. The number of aryl methyl sites for hydroxylation is 1. The Morgan fingerprint density at radius 1 is 1.29 bits per heavy atom. The van der Waals surface area contributed by atoms with E-state index >= 15 is 0 Å². The third kappa shape index (κ3) is 2.13. The maximum Gasteiger partial charge on any atom is 0.168 e. The van der Waals surface area contributed by atoms with E-state index in [0.29, 0.717) is 5.56 Å². The van der Waals surface area contributed by atoms with Crippen LogP contribution in [-0.4, -0.2) is 10.9 Å². The van der Waals surface area contributed by atoms with Crippen molar-refractivity contribution in [2.45, 2.75) is 27.7 Å². The molecule has 0 aliphatic carbocycles. The van der Waals surface area contributed by atoms with Gasteiger partial charge in [-0.05, 0) is 24.6 Å². The van der Waals surface area contributed by atoms with E-state index in [9.17, 15) is 9.90 Å². The Morgan fingerprint density at radius 3 is 2.36 bits per heavy atom. The first-order valence-electron chi connectivity index (χ1n) is 4.67. The molecule has 1 aromatic carbocycles. The van der Waals surface area contributed by atoms with Gasteiger partial charge in [0, 0.05) is 11.0 Å². The molecule has 1 N–H and O–H groups in total. The molecule has 0 heterocycles. The lowest BCUT2D eigenvalue weighted by molar-refractivity contribution is 0.0857. The Labute approximate surface area is 84.6 Å². The van der Waals surface area contributed by atoms with Gasteiger partial charge in [-0.3, -0.25) is 4.79 Å². The van der Waals surface area contributed by atoms with Crippen molar-refractivity contribution in [2.75, 3.05) is 0 Å². The molecule has 0 saturated heterocycles. The quantitative estimate of drug-likeness (QED) is 0.694.